The quantitative estimate of drug-likeness (QED) is 0.796. The summed E-state index contributed by atoms with van der Waals surface area (Å²) in [5.74, 6) is 0. The van der Waals surface area contributed by atoms with Gasteiger partial charge in [-0.25, -0.2) is 0 Å². The predicted octanol–water partition coefficient (Wildman–Crippen LogP) is 3.47. The molecule has 0 aliphatic heterocycles. The van der Waals surface area contributed by atoms with Crippen LogP contribution in [-0.4, -0.2) is 22.8 Å². The third-order valence-electron chi connectivity index (χ3n) is 3.36. The number of hydrogen-bond acceptors (Lipinski definition) is 4. The first-order chi connectivity index (χ1) is 9.79. The van der Waals surface area contributed by atoms with Crippen LogP contribution < -0.4 is 5.32 Å². The zero-order chi connectivity index (χ0) is 13.8. The zero-order valence-electron chi connectivity index (χ0n) is 11.3. The van der Waals surface area contributed by atoms with Crippen molar-refractivity contribution in [3.63, 3.8) is 0 Å². The van der Waals surface area contributed by atoms with E-state index in [2.05, 4.69) is 15.5 Å². The van der Waals surface area contributed by atoms with E-state index in [1.165, 1.54) is 18.4 Å². The molecule has 0 radical (unpaired) electrons. The van der Waals surface area contributed by atoms with Crippen molar-refractivity contribution >= 4 is 22.9 Å². The van der Waals surface area contributed by atoms with Gasteiger partial charge in [0.15, 0.2) is 0 Å². The molecule has 2 aromatic rings. The lowest BCUT2D eigenvalue weighted by molar-refractivity contribution is 0.643. The van der Waals surface area contributed by atoms with E-state index in [1.807, 2.05) is 24.3 Å². The van der Waals surface area contributed by atoms with Crippen LogP contribution in [0.3, 0.4) is 0 Å². The maximum absolute atomic E-state index is 5.89. The normalized spacial score (nSPS) is 14.7. The number of halogens is 1. The topological polar surface area (TPSA) is 37.8 Å². The van der Waals surface area contributed by atoms with Crippen LogP contribution in [0.25, 0.3) is 0 Å². The predicted molar refractivity (Wildman–Crippen MR) is 83.5 cm³/mol. The van der Waals surface area contributed by atoms with Crippen LogP contribution in [0, 0.1) is 0 Å². The number of nitrogens with zero attached hydrogens (tertiary/aromatic N) is 2. The number of benzene rings is 1. The first kappa shape index (κ1) is 14.0. The Kier molecular flexibility index (Phi) is 4.65. The molecule has 5 heteroatoms. The minimum atomic E-state index is 0.773. The molecule has 106 valence electrons. The lowest BCUT2D eigenvalue weighted by Crippen LogP contribution is -2.17. The smallest absolute Gasteiger partial charge is 0.121 e. The highest BCUT2D eigenvalue weighted by atomic mass is 35.5. The molecule has 0 unspecified atom stereocenters. The zero-order valence-corrected chi connectivity index (χ0v) is 12.9. The highest BCUT2D eigenvalue weighted by Gasteiger charge is 2.19. The molecule has 0 saturated heterocycles. The van der Waals surface area contributed by atoms with Gasteiger partial charge < -0.3 is 5.32 Å². The Morgan fingerprint density at radius 1 is 1.15 bits per heavy atom. The third kappa shape index (κ3) is 4.27. The molecule has 1 fully saturated rings. The standard InChI is InChI=1S/C15H18ClN3S/c16-12-5-3-11(4-6-12)10-15-19-18-14(20-15)2-1-9-17-13-7-8-13/h3-6,13,17H,1-2,7-10H2. The average molecular weight is 308 g/mol. The van der Waals surface area contributed by atoms with Crippen molar-refractivity contribution in [2.45, 2.75) is 38.1 Å². The third-order valence-corrected chi connectivity index (χ3v) is 4.59. The fourth-order valence-electron chi connectivity index (χ4n) is 2.07. The van der Waals surface area contributed by atoms with Gasteiger partial charge in [0.1, 0.15) is 10.0 Å². The Labute approximate surface area is 128 Å². The summed E-state index contributed by atoms with van der Waals surface area (Å²) in [4.78, 5) is 0. The molecule has 1 aliphatic rings. The molecule has 0 atom stereocenters. The van der Waals surface area contributed by atoms with E-state index in [-0.39, 0.29) is 0 Å². The highest BCUT2D eigenvalue weighted by molar-refractivity contribution is 7.11. The van der Waals surface area contributed by atoms with Gasteiger partial charge >= 0.3 is 0 Å². The lowest BCUT2D eigenvalue weighted by Gasteiger charge is -1.99. The van der Waals surface area contributed by atoms with E-state index in [0.29, 0.717) is 0 Å². The van der Waals surface area contributed by atoms with Gasteiger partial charge in [0, 0.05) is 23.9 Å². The van der Waals surface area contributed by atoms with Gasteiger partial charge in [-0.3, -0.25) is 0 Å². The van der Waals surface area contributed by atoms with Crippen LogP contribution in [0.1, 0.15) is 34.8 Å². The van der Waals surface area contributed by atoms with Crippen LogP contribution in [0.4, 0.5) is 0 Å². The van der Waals surface area contributed by atoms with Crippen molar-refractivity contribution in [3.8, 4) is 0 Å². The summed E-state index contributed by atoms with van der Waals surface area (Å²) >= 11 is 7.61. The molecule has 20 heavy (non-hydrogen) atoms. The van der Waals surface area contributed by atoms with E-state index in [0.717, 1.165) is 46.9 Å². The largest absolute Gasteiger partial charge is 0.314 e. The second-order valence-electron chi connectivity index (χ2n) is 5.22. The molecule has 1 aromatic heterocycles. The molecule has 0 amide bonds. The van der Waals surface area contributed by atoms with Crippen molar-refractivity contribution in [3.05, 3.63) is 44.9 Å². The summed E-state index contributed by atoms with van der Waals surface area (Å²) in [5, 5.41) is 15.1. The molecule has 1 N–H and O–H groups in total. The van der Waals surface area contributed by atoms with E-state index in [1.54, 1.807) is 11.3 Å². The molecule has 1 aliphatic carbocycles. The fourth-order valence-corrected chi connectivity index (χ4v) is 3.12. The van der Waals surface area contributed by atoms with Gasteiger partial charge in [0.05, 0.1) is 0 Å². The Balaban J connectivity index is 1.46. The highest BCUT2D eigenvalue weighted by Crippen LogP contribution is 2.19. The van der Waals surface area contributed by atoms with Crippen molar-refractivity contribution in [1.29, 1.82) is 0 Å². The number of rotatable bonds is 7. The number of aryl methyl sites for hydroxylation is 1. The van der Waals surface area contributed by atoms with Gasteiger partial charge in [-0.15, -0.1) is 21.5 Å². The number of hydrogen-bond donors (Lipinski definition) is 1. The average Bonchev–Trinajstić information content (AvgIpc) is 3.17. The summed E-state index contributed by atoms with van der Waals surface area (Å²) in [6, 6.07) is 8.72. The maximum Gasteiger partial charge on any atom is 0.121 e. The van der Waals surface area contributed by atoms with Gasteiger partial charge in [0.2, 0.25) is 0 Å². The molecule has 1 aromatic carbocycles. The van der Waals surface area contributed by atoms with Crippen molar-refractivity contribution in [1.82, 2.24) is 15.5 Å². The van der Waals surface area contributed by atoms with Crippen LogP contribution in [0.5, 0.6) is 0 Å². The second kappa shape index (κ2) is 6.66. The van der Waals surface area contributed by atoms with Gasteiger partial charge in [-0.2, -0.15) is 0 Å². The monoisotopic (exact) mass is 307 g/mol. The SMILES string of the molecule is Clc1ccc(Cc2nnc(CCCNC3CC3)s2)cc1. The minimum Gasteiger partial charge on any atom is -0.314 e. The summed E-state index contributed by atoms with van der Waals surface area (Å²) in [5.41, 5.74) is 1.23. The number of nitrogens with one attached hydrogen (secondary N) is 1. The summed E-state index contributed by atoms with van der Waals surface area (Å²) < 4.78 is 0. The van der Waals surface area contributed by atoms with Crippen molar-refractivity contribution < 1.29 is 0 Å². The van der Waals surface area contributed by atoms with Crippen molar-refractivity contribution in [2.75, 3.05) is 6.54 Å². The molecule has 0 bridgehead atoms. The van der Waals surface area contributed by atoms with Gasteiger partial charge in [0.25, 0.3) is 0 Å². The van der Waals surface area contributed by atoms with Gasteiger partial charge in [-0.1, -0.05) is 23.7 Å². The Morgan fingerprint density at radius 3 is 2.65 bits per heavy atom. The lowest BCUT2D eigenvalue weighted by atomic mass is 10.2. The minimum absolute atomic E-state index is 0.773. The second-order valence-corrected chi connectivity index (χ2v) is 6.81. The Bertz CT molecular complexity index is 549. The molecular weight excluding hydrogens is 290 g/mol. The van der Waals surface area contributed by atoms with Crippen LogP contribution in [-0.2, 0) is 12.8 Å². The Hall–Kier alpha value is -0.970. The van der Waals surface area contributed by atoms with Gasteiger partial charge in [-0.05, 0) is 43.5 Å². The van der Waals surface area contributed by atoms with Crippen molar-refractivity contribution in [2.24, 2.45) is 0 Å². The molecule has 3 rings (SSSR count). The molecule has 1 saturated carbocycles. The van der Waals surface area contributed by atoms with E-state index >= 15 is 0 Å². The molecule has 0 spiro atoms. The molecular formula is C15H18ClN3S. The first-order valence-corrected chi connectivity index (χ1v) is 8.28. The fraction of sp³-hybridized carbons (Fsp3) is 0.467. The molecule has 3 nitrogen and oxygen atoms in total. The van der Waals surface area contributed by atoms with Crippen LogP contribution in [0.2, 0.25) is 5.02 Å². The van der Waals surface area contributed by atoms with E-state index in [4.69, 9.17) is 11.6 Å². The summed E-state index contributed by atoms with van der Waals surface area (Å²) in [6.07, 6.45) is 5.72. The first-order valence-electron chi connectivity index (χ1n) is 7.09. The van der Waals surface area contributed by atoms with E-state index in [9.17, 15) is 0 Å². The maximum atomic E-state index is 5.89. The van der Waals surface area contributed by atoms with Crippen LogP contribution in [0.15, 0.2) is 24.3 Å². The van der Waals surface area contributed by atoms with Crippen LogP contribution >= 0.6 is 22.9 Å². The Morgan fingerprint density at radius 2 is 1.90 bits per heavy atom. The molecule has 1 heterocycles. The summed E-state index contributed by atoms with van der Waals surface area (Å²) in [7, 11) is 0. The summed E-state index contributed by atoms with van der Waals surface area (Å²) in [6.45, 7) is 1.09. The number of aromatic nitrogens is 2. The van der Waals surface area contributed by atoms with E-state index < -0.39 is 0 Å².